The quantitative estimate of drug-likeness (QED) is 0.357. The molecular weight excluding hydrogens is 376 g/mol. The number of ether oxygens (including phenoxy) is 1. The highest BCUT2D eigenvalue weighted by molar-refractivity contribution is 5.87. The number of nitrogens with one attached hydrogen (secondary N) is 2. The number of hydrogen-bond donors (Lipinski definition) is 3. The molecule has 0 amide bonds. The molecule has 0 aliphatic heterocycles. The number of hydrogen-bond acceptors (Lipinski definition) is 6. The van der Waals surface area contributed by atoms with Crippen molar-refractivity contribution in [2.45, 2.75) is 0 Å². The lowest BCUT2D eigenvalue weighted by Crippen LogP contribution is -1.95. The maximum atomic E-state index is 5.89. The molecule has 0 saturated heterocycles. The molecule has 0 spiro atoms. The number of nitrogen functional groups attached to an aromatic ring is 1. The third kappa shape index (κ3) is 3.64. The summed E-state index contributed by atoms with van der Waals surface area (Å²) in [6.45, 7) is 0. The SMILES string of the molecule is Nc1cccc(-c2nc3ncnc(Nc4ccc(Oc5ccccc5)cc4)c3[nH]2)c1. The number of aromatic nitrogens is 4. The molecule has 0 unspecified atom stereocenters. The van der Waals surface area contributed by atoms with Crippen molar-refractivity contribution in [1.82, 2.24) is 19.9 Å². The van der Waals surface area contributed by atoms with Crippen molar-refractivity contribution in [3.05, 3.63) is 85.2 Å². The first-order chi connectivity index (χ1) is 14.7. The number of imidazole rings is 1. The molecule has 7 nitrogen and oxygen atoms in total. The van der Waals surface area contributed by atoms with Gasteiger partial charge in [0.05, 0.1) is 0 Å². The van der Waals surface area contributed by atoms with E-state index in [0.717, 1.165) is 28.3 Å². The van der Waals surface area contributed by atoms with Gasteiger partial charge in [0.25, 0.3) is 0 Å². The van der Waals surface area contributed by atoms with Crippen LogP contribution in [0.1, 0.15) is 0 Å². The van der Waals surface area contributed by atoms with Crippen molar-refractivity contribution in [2.75, 3.05) is 11.1 Å². The Kier molecular flexibility index (Phi) is 4.46. The Hall–Kier alpha value is -4.39. The van der Waals surface area contributed by atoms with Gasteiger partial charge in [-0.2, -0.15) is 0 Å². The first-order valence-corrected chi connectivity index (χ1v) is 9.41. The van der Waals surface area contributed by atoms with E-state index < -0.39 is 0 Å². The maximum absolute atomic E-state index is 5.89. The average Bonchev–Trinajstić information content (AvgIpc) is 3.21. The van der Waals surface area contributed by atoms with E-state index in [0.29, 0.717) is 23.0 Å². The molecular formula is C23H18N6O. The normalized spacial score (nSPS) is 10.8. The molecule has 7 heteroatoms. The predicted molar refractivity (Wildman–Crippen MR) is 118 cm³/mol. The first kappa shape index (κ1) is 17.7. The van der Waals surface area contributed by atoms with Crippen molar-refractivity contribution in [1.29, 1.82) is 0 Å². The van der Waals surface area contributed by atoms with Gasteiger partial charge in [-0.15, -0.1) is 0 Å². The second kappa shape index (κ2) is 7.56. The van der Waals surface area contributed by atoms with Gasteiger partial charge in [-0.1, -0.05) is 30.3 Å². The molecule has 3 aromatic carbocycles. The van der Waals surface area contributed by atoms with Gasteiger partial charge >= 0.3 is 0 Å². The molecule has 30 heavy (non-hydrogen) atoms. The average molecular weight is 394 g/mol. The number of rotatable bonds is 5. The van der Waals surface area contributed by atoms with Crippen LogP contribution in [0.5, 0.6) is 11.5 Å². The van der Waals surface area contributed by atoms with Crippen LogP contribution in [0.3, 0.4) is 0 Å². The molecule has 0 atom stereocenters. The van der Waals surface area contributed by atoms with Crippen LogP contribution in [-0.2, 0) is 0 Å². The Bertz CT molecular complexity index is 1300. The summed E-state index contributed by atoms with van der Waals surface area (Å²) < 4.78 is 5.84. The summed E-state index contributed by atoms with van der Waals surface area (Å²) in [6.07, 6.45) is 1.49. The molecule has 146 valence electrons. The fourth-order valence-corrected chi connectivity index (χ4v) is 3.11. The molecule has 2 aromatic heterocycles. The van der Waals surface area contributed by atoms with E-state index in [9.17, 15) is 0 Å². The molecule has 2 heterocycles. The number of anilines is 3. The van der Waals surface area contributed by atoms with Crippen molar-refractivity contribution in [2.24, 2.45) is 0 Å². The summed E-state index contributed by atoms with van der Waals surface area (Å²) in [5.41, 5.74) is 9.63. The van der Waals surface area contributed by atoms with E-state index in [4.69, 9.17) is 10.5 Å². The van der Waals surface area contributed by atoms with Crippen LogP contribution < -0.4 is 15.8 Å². The number of benzene rings is 3. The third-order valence-electron chi connectivity index (χ3n) is 4.54. The van der Waals surface area contributed by atoms with Crippen molar-refractivity contribution in [3.8, 4) is 22.9 Å². The van der Waals surface area contributed by atoms with Gasteiger partial charge < -0.3 is 20.8 Å². The highest BCUT2D eigenvalue weighted by Crippen LogP contribution is 2.27. The van der Waals surface area contributed by atoms with E-state index in [-0.39, 0.29) is 0 Å². The van der Waals surface area contributed by atoms with E-state index in [1.165, 1.54) is 6.33 Å². The monoisotopic (exact) mass is 394 g/mol. The zero-order valence-electron chi connectivity index (χ0n) is 15.9. The largest absolute Gasteiger partial charge is 0.457 e. The molecule has 0 saturated carbocycles. The van der Waals surface area contributed by atoms with Gasteiger partial charge in [-0.25, -0.2) is 15.0 Å². The number of H-pyrrole nitrogens is 1. The summed E-state index contributed by atoms with van der Waals surface area (Å²) in [4.78, 5) is 16.5. The molecule has 0 radical (unpaired) electrons. The zero-order valence-corrected chi connectivity index (χ0v) is 15.9. The Balaban J connectivity index is 1.40. The first-order valence-electron chi connectivity index (χ1n) is 9.41. The number of aromatic amines is 1. The van der Waals surface area contributed by atoms with Gasteiger partial charge in [0.15, 0.2) is 11.5 Å². The van der Waals surface area contributed by atoms with Gasteiger partial charge in [-0.3, -0.25) is 0 Å². The summed E-state index contributed by atoms with van der Waals surface area (Å²) in [5.74, 6) is 2.87. The minimum atomic E-state index is 0.578. The van der Waals surface area contributed by atoms with Crippen LogP contribution in [0.2, 0.25) is 0 Å². The number of nitrogens with two attached hydrogens (primary N) is 1. The molecule has 5 rings (SSSR count). The second-order valence-electron chi connectivity index (χ2n) is 6.70. The van der Waals surface area contributed by atoms with Gasteiger partial charge in [0, 0.05) is 16.9 Å². The Morgan fingerprint density at radius 3 is 2.43 bits per heavy atom. The van der Waals surface area contributed by atoms with E-state index in [2.05, 4.69) is 25.3 Å². The third-order valence-corrected chi connectivity index (χ3v) is 4.54. The van der Waals surface area contributed by atoms with Crippen LogP contribution in [0.4, 0.5) is 17.2 Å². The summed E-state index contributed by atoms with van der Waals surface area (Å²) >= 11 is 0. The highest BCUT2D eigenvalue weighted by atomic mass is 16.5. The van der Waals surface area contributed by atoms with E-state index >= 15 is 0 Å². The fraction of sp³-hybridized carbons (Fsp3) is 0. The summed E-state index contributed by atoms with van der Waals surface area (Å²) in [5, 5.41) is 3.31. The number of fused-ring (bicyclic) bond motifs is 1. The molecule has 0 fully saturated rings. The summed E-state index contributed by atoms with van der Waals surface area (Å²) in [6, 6.07) is 24.9. The minimum Gasteiger partial charge on any atom is -0.457 e. The van der Waals surface area contributed by atoms with E-state index in [1.54, 1.807) is 0 Å². The molecule has 0 aliphatic rings. The minimum absolute atomic E-state index is 0.578. The highest BCUT2D eigenvalue weighted by Gasteiger charge is 2.11. The summed E-state index contributed by atoms with van der Waals surface area (Å²) in [7, 11) is 0. The molecule has 0 bridgehead atoms. The van der Waals surface area contributed by atoms with Crippen molar-refractivity contribution in [3.63, 3.8) is 0 Å². The lowest BCUT2D eigenvalue weighted by atomic mass is 10.2. The Labute approximate surface area is 172 Å². The zero-order chi connectivity index (χ0) is 20.3. The topological polar surface area (TPSA) is 102 Å². The van der Waals surface area contributed by atoms with Gasteiger partial charge in [0.2, 0.25) is 0 Å². The smallest absolute Gasteiger partial charge is 0.183 e. The predicted octanol–water partition coefficient (Wildman–Crippen LogP) is 5.14. The van der Waals surface area contributed by atoms with Crippen LogP contribution in [-0.4, -0.2) is 19.9 Å². The molecule has 0 aliphatic carbocycles. The molecule has 4 N–H and O–H groups in total. The maximum Gasteiger partial charge on any atom is 0.183 e. The lowest BCUT2D eigenvalue weighted by Gasteiger charge is -2.08. The van der Waals surface area contributed by atoms with Crippen LogP contribution >= 0.6 is 0 Å². The van der Waals surface area contributed by atoms with Crippen LogP contribution in [0.25, 0.3) is 22.6 Å². The second-order valence-corrected chi connectivity index (χ2v) is 6.70. The molecule has 5 aromatic rings. The van der Waals surface area contributed by atoms with Crippen molar-refractivity contribution < 1.29 is 4.74 Å². The van der Waals surface area contributed by atoms with Crippen LogP contribution in [0, 0.1) is 0 Å². The van der Waals surface area contributed by atoms with Gasteiger partial charge in [0.1, 0.15) is 29.2 Å². The van der Waals surface area contributed by atoms with E-state index in [1.807, 2.05) is 78.9 Å². The Morgan fingerprint density at radius 1 is 0.833 bits per heavy atom. The Morgan fingerprint density at radius 2 is 1.63 bits per heavy atom. The lowest BCUT2D eigenvalue weighted by molar-refractivity contribution is 0.483. The van der Waals surface area contributed by atoms with Crippen LogP contribution in [0.15, 0.2) is 85.2 Å². The standard InChI is InChI=1S/C23H18N6O/c24-16-6-4-5-15(13-16)21-28-20-22(25-14-26-23(20)29-21)27-17-9-11-19(12-10-17)30-18-7-2-1-3-8-18/h1-14H,24H2,(H2,25,26,27,28,29). The van der Waals surface area contributed by atoms with Gasteiger partial charge in [-0.05, 0) is 48.5 Å². The van der Waals surface area contributed by atoms with Crippen molar-refractivity contribution >= 4 is 28.4 Å². The fourth-order valence-electron chi connectivity index (χ4n) is 3.11. The number of para-hydroxylation sites is 1. The number of nitrogens with zero attached hydrogens (tertiary/aromatic N) is 3.